The van der Waals surface area contributed by atoms with Crippen LogP contribution < -0.4 is 4.74 Å². The summed E-state index contributed by atoms with van der Waals surface area (Å²) >= 11 is 0. The molecule has 1 aromatic heterocycles. The van der Waals surface area contributed by atoms with Gasteiger partial charge >= 0.3 is 0 Å². The number of carbonyl (C=O) groups is 1. The second kappa shape index (κ2) is 6.85. The Hall–Kier alpha value is -2.16. The van der Waals surface area contributed by atoms with E-state index in [9.17, 15) is 4.79 Å². The van der Waals surface area contributed by atoms with Gasteiger partial charge in [-0.05, 0) is 36.6 Å². The number of nitrogens with zero attached hydrogens (tertiary/aromatic N) is 1. The molecular formula is C17H19NO2. The number of carbonyl (C=O) groups excluding carboxylic acids is 1. The van der Waals surface area contributed by atoms with Crippen LogP contribution >= 0.6 is 0 Å². The molecule has 0 aliphatic rings. The lowest BCUT2D eigenvalue weighted by molar-refractivity contribution is 0.103. The molecular weight excluding hydrogens is 250 g/mol. The number of rotatable bonds is 6. The highest BCUT2D eigenvalue weighted by Gasteiger charge is 2.16. The SMILES string of the molecule is CCCOc1ccccc1C(=O)c1ccncc1CC. The molecule has 104 valence electrons. The lowest BCUT2D eigenvalue weighted by Gasteiger charge is -2.11. The zero-order valence-corrected chi connectivity index (χ0v) is 11.9. The maximum absolute atomic E-state index is 12.7. The Morgan fingerprint density at radius 1 is 1.15 bits per heavy atom. The molecule has 0 spiro atoms. The topological polar surface area (TPSA) is 39.2 Å². The summed E-state index contributed by atoms with van der Waals surface area (Å²) in [6, 6.07) is 9.18. The molecule has 3 nitrogen and oxygen atoms in total. The number of hydrogen-bond donors (Lipinski definition) is 0. The summed E-state index contributed by atoms with van der Waals surface area (Å²) in [6.45, 7) is 4.68. The van der Waals surface area contributed by atoms with E-state index in [-0.39, 0.29) is 5.78 Å². The zero-order chi connectivity index (χ0) is 14.4. The van der Waals surface area contributed by atoms with Crippen molar-refractivity contribution < 1.29 is 9.53 Å². The third kappa shape index (κ3) is 3.05. The zero-order valence-electron chi connectivity index (χ0n) is 11.9. The van der Waals surface area contributed by atoms with E-state index in [1.54, 1.807) is 18.5 Å². The van der Waals surface area contributed by atoms with E-state index in [1.807, 2.05) is 38.1 Å². The van der Waals surface area contributed by atoms with E-state index < -0.39 is 0 Å². The van der Waals surface area contributed by atoms with Gasteiger partial charge in [0.2, 0.25) is 0 Å². The minimum absolute atomic E-state index is 0.00375. The summed E-state index contributed by atoms with van der Waals surface area (Å²) < 4.78 is 5.67. The molecule has 0 aliphatic carbocycles. The molecule has 0 bridgehead atoms. The Bertz CT molecular complexity index is 593. The molecule has 0 unspecified atom stereocenters. The van der Waals surface area contributed by atoms with Gasteiger partial charge in [0.15, 0.2) is 5.78 Å². The molecule has 0 amide bonds. The van der Waals surface area contributed by atoms with Crippen molar-refractivity contribution in [2.24, 2.45) is 0 Å². The Balaban J connectivity index is 2.38. The lowest BCUT2D eigenvalue weighted by atomic mass is 9.98. The maximum Gasteiger partial charge on any atom is 0.197 e. The van der Waals surface area contributed by atoms with Gasteiger partial charge in [0.1, 0.15) is 5.75 Å². The maximum atomic E-state index is 12.7. The van der Waals surface area contributed by atoms with Crippen LogP contribution in [0.2, 0.25) is 0 Å². The number of hydrogen-bond acceptors (Lipinski definition) is 3. The molecule has 0 radical (unpaired) electrons. The lowest BCUT2D eigenvalue weighted by Crippen LogP contribution is -2.08. The van der Waals surface area contributed by atoms with Crippen molar-refractivity contribution in [1.82, 2.24) is 4.98 Å². The van der Waals surface area contributed by atoms with Gasteiger partial charge in [0.25, 0.3) is 0 Å². The third-order valence-electron chi connectivity index (χ3n) is 3.12. The van der Waals surface area contributed by atoms with Gasteiger partial charge in [0.05, 0.1) is 12.2 Å². The van der Waals surface area contributed by atoms with Crippen LogP contribution in [0, 0.1) is 0 Å². The van der Waals surface area contributed by atoms with E-state index in [0.29, 0.717) is 23.5 Å². The highest BCUT2D eigenvalue weighted by atomic mass is 16.5. The quantitative estimate of drug-likeness (QED) is 0.751. The fourth-order valence-electron chi connectivity index (χ4n) is 2.07. The monoisotopic (exact) mass is 269 g/mol. The van der Waals surface area contributed by atoms with Gasteiger partial charge in [-0.15, -0.1) is 0 Å². The molecule has 0 aliphatic heterocycles. The molecule has 3 heteroatoms. The Morgan fingerprint density at radius 3 is 2.70 bits per heavy atom. The average molecular weight is 269 g/mol. The number of aromatic nitrogens is 1. The number of para-hydroxylation sites is 1. The number of ether oxygens (including phenoxy) is 1. The van der Waals surface area contributed by atoms with E-state index in [4.69, 9.17) is 4.74 Å². The van der Waals surface area contributed by atoms with Gasteiger partial charge in [-0.2, -0.15) is 0 Å². The summed E-state index contributed by atoms with van der Waals surface area (Å²) in [4.78, 5) is 16.8. The minimum atomic E-state index is -0.00375. The van der Waals surface area contributed by atoms with Crippen molar-refractivity contribution in [3.05, 3.63) is 59.4 Å². The van der Waals surface area contributed by atoms with Gasteiger partial charge in [0, 0.05) is 18.0 Å². The predicted octanol–water partition coefficient (Wildman–Crippen LogP) is 3.66. The first kappa shape index (κ1) is 14.3. The highest BCUT2D eigenvalue weighted by molar-refractivity contribution is 6.11. The standard InChI is InChI=1S/C17H19NO2/c1-3-11-20-16-8-6-5-7-15(16)17(19)14-9-10-18-12-13(14)4-2/h5-10,12H,3-4,11H2,1-2H3. The van der Waals surface area contributed by atoms with Gasteiger partial charge in [-0.3, -0.25) is 9.78 Å². The van der Waals surface area contributed by atoms with Crippen molar-refractivity contribution in [2.75, 3.05) is 6.61 Å². The van der Waals surface area contributed by atoms with E-state index in [0.717, 1.165) is 18.4 Å². The van der Waals surface area contributed by atoms with Crippen LogP contribution in [0.15, 0.2) is 42.7 Å². The van der Waals surface area contributed by atoms with Crippen LogP contribution in [0.3, 0.4) is 0 Å². The Labute approximate surface area is 119 Å². The molecule has 2 rings (SSSR count). The Kier molecular flexibility index (Phi) is 4.88. The van der Waals surface area contributed by atoms with E-state index >= 15 is 0 Å². The first-order valence-corrected chi connectivity index (χ1v) is 6.97. The molecule has 0 N–H and O–H groups in total. The number of aryl methyl sites for hydroxylation is 1. The normalized spacial score (nSPS) is 10.3. The average Bonchev–Trinajstić information content (AvgIpc) is 2.52. The first-order chi connectivity index (χ1) is 9.77. The molecule has 20 heavy (non-hydrogen) atoms. The molecule has 0 atom stereocenters. The van der Waals surface area contributed by atoms with Crippen LogP contribution in [-0.4, -0.2) is 17.4 Å². The number of pyridine rings is 1. The summed E-state index contributed by atoms with van der Waals surface area (Å²) in [5, 5.41) is 0. The summed E-state index contributed by atoms with van der Waals surface area (Å²) in [5.41, 5.74) is 2.28. The van der Waals surface area contributed by atoms with Crippen molar-refractivity contribution >= 4 is 5.78 Å². The van der Waals surface area contributed by atoms with Crippen molar-refractivity contribution in [3.63, 3.8) is 0 Å². The van der Waals surface area contributed by atoms with E-state index in [1.165, 1.54) is 0 Å². The molecule has 1 heterocycles. The second-order valence-corrected chi connectivity index (χ2v) is 4.56. The predicted molar refractivity (Wildman–Crippen MR) is 79.3 cm³/mol. The molecule has 0 fully saturated rings. The smallest absolute Gasteiger partial charge is 0.197 e. The van der Waals surface area contributed by atoms with Crippen molar-refractivity contribution in [3.8, 4) is 5.75 Å². The van der Waals surface area contributed by atoms with Crippen LogP contribution in [-0.2, 0) is 6.42 Å². The first-order valence-electron chi connectivity index (χ1n) is 6.97. The second-order valence-electron chi connectivity index (χ2n) is 4.56. The molecule has 0 saturated heterocycles. The Morgan fingerprint density at radius 2 is 1.95 bits per heavy atom. The van der Waals surface area contributed by atoms with Crippen LogP contribution in [0.5, 0.6) is 5.75 Å². The van der Waals surface area contributed by atoms with Crippen LogP contribution in [0.1, 0.15) is 41.8 Å². The number of benzene rings is 1. The van der Waals surface area contributed by atoms with Crippen LogP contribution in [0.25, 0.3) is 0 Å². The molecule has 2 aromatic rings. The summed E-state index contributed by atoms with van der Waals surface area (Å²) in [5.74, 6) is 0.647. The third-order valence-corrected chi connectivity index (χ3v) is 3.12. The minimum Gasteiger partial charge on any atom is -0.493 e. The van der Waals surface area contributed by atoms with Crippen molar-refractivity contribution in [2.45, 2.75) is 26.7 Å². The van der Waals surface area contributed by atoms with Gasteiger partial charge in [-0.1, -0.05) is 26.0 Å². The summed E-state index contributed by atoms with van der Waals surface area (Å²) in [7, 11) is 0. The largest absolute Gasteiger partial charge is 0.493 e. The highest BCUT2D eigenvalue weighted by Crippen LogP contribution is 2.23. The molecule has 1 aromatic carbocycles. The van der Waals surface area contributed by atoms with Crippen LogP contribution in [0.4, 0.5) is 0 Å². The van der Waals surface area contributed by atoms with E-state index in [2.05, 4.69) is 4.98 Å². The fourth-order valence-corrected chi connectivity index (χ4v) is 2.07. The van der Waals surface area contributed by atoms with Gasteiger partial charge in [-0.25, -0.2) is 0 Å². The fraction of sp³-hybridized carbons (Fsp3) is 0.294. The van der Waals surface area contributed by atoms with Gasteiger partial charge < -0.3 is 4.74 Å². The number of ketones is 1. The molecule has 0 saturated carbocycles. The summed E-state index contributed by atoms with van der Waals surface area (Å²) in [6.07, 6.45) is 5.11. The van der Waals surface area contributed by atoms with Crippen molar-refractivity contribution in [1.29, 1.82) is 0 Å².